The van der Waals surface area contributed by atoms with Crippen LogP contribution < -0.4 is 4.90 Å². The minimum absolute atomic E-state index is 0.160. The molecule has 1 saturated heterocycles. The van der Waals surface area contributed by atoms with Crippen LogP contribution in [0.3, 0.4) is 0 Å². The van der Waals surface area contributed by atoms with Crippen LogP contribution in [0.25, 0.3) is 0 Å². The molecular formula is C26H17BrN2O5. The predicted octanol–water partition coefficient (Wildman–Crippen LogP) is 4.50. The Balaban J connectivity index is 1.62. The number of amides is 2. The molecule has 2 amide bonds. The number of carbonyl (C=O) groups excluding carboxylic acids is 3. The summed E-state index contributed by atoms with van der Waals surface area (Å²) in [5, 5.41) is 11.2. The van der Waals surface area contributed by atoms with Crippen LogP contribution in [0.5, 0.6) is 0 Å². The maximum absolute atomic E-state index is 14.0. The predicted molar refractivity (Wildman–Crippen MR) is 126 cm³/mol. The highest BCUT2D eigenvalue weighted by Gasteiger charge is 2.70. The first-order chi connectivity index (χ1) is 16.3. The molecular weight excluding hydrogens is 500 g/mol. The normalized spacial score (nSPS) is 26.2. The van der Waals surface area contributed by atoms with Crippen LogP contribution in [-0.4, -0.2) is 22.5 Å². The standard InChI is InChI=1S/C26H17BrN2O5/c1-13(30)26-17-8-4-2-6-15(17)21(16-7-3-5-9-18(16)26)22-23(26)25(32)28(24(22)31)20-11-10-14(29(33)34)12-19(20)27/h2-12,21-23H,1H3. The average Bonchev–Trinajstić information content (AvgIpc) is 3.09. The number of rotatable bonds is 3. The van der Waals surface area contributed by atoms with Crippen LogP contribution in [0, 0.1) is 22.0 Å². The van der Waals surface area contributed by atoms with E-state index >= 15 is 0 Å². The number of hydrogen-bond acceptors (Lipinski definition) is 5. The summed E-state index contributed by atoms with van der Waals surface area (Å²) in [4.78, 5) is 53.3. The fraction of sp³-hybridized carbons (Fsp3) is 0.192. The number of imide groups is 1. The number of nitro groups is 1. The van der Waals surface area contributed by atoms with Gasteiger partial charge in [-0.1, -0.05) is 48.5 Å². The second-order valence-corrected chi connectivity index (χ2v) is 9.78. The largest absolute Gasteiger partial charge is 0.299 e. The lowest BCUT2D eigenvalue weighted by atomic mass is 9.46. The molecule has 3 aliphatic carbocycles. The summed E-state index contributed by atoms with van der Waals surface area (Å²) in [6.07, 6.45) is 0. The zero-order valence-corrected chi connectivity index (χ0v) is 19.5. The van der Waals surface area contributed by atoms with E-state index in [0.29, 0.717) is 0 Å². The second kappa shape index (κ2) is 6.93. The van der Waals surface area contributed by atoms with Gasteiger partial charge in [-0.25, -0.2) is 4.90 Å². The van der Waals surface area contributed by atoms with Crippen molar-refractivity contribution in [3.8, 4) is 0 Å². The van der Waals surface area contributed by atoms with E-state index in [2.05, 4.69) is 15.9 Å². The SMILES string of the molecule is CC(=O)C12c3ccccc3C(c3ccccc31)C1C(=O)N(c3ccc([N+](=O)[O-])cc3Br)C(=O)C12. The number of anilines is 1. The number of nitrogens with zero attached hydrogens (tertiary/aromatic N) is 2. The van der Waals surface area contributed by atoms with Crippen molar-refractivity contribution in [1.82, 2.24) is 0 Å². The molecule has 3 aromatic rings. The van der Waals surface area contributed by atoms with Gasteiger partial charge in [-0.15, -0.1) is 0 Å². The number of halogens is 1. The van der Waals surface area contributed by atoms with Crippen molar-refractivity contribution in [1.29, 1.82) is 0 Å². The summed E-state index contributed by atoms with van der Waals surface area (Å²) < 4.78 is 0.265. The molecule has 2 unspecified atom stereocenters. The third-order valence-electron chi connectivity index (χ3n) is 7.56. The maximum atomic E-state index is 14.0. The average molecular weight is 517 g/mol. The zero-order chi connectivity index (χ0) is 23.9. The number of hydrogen-bond donors (Lipinski definition) is 0. The van der Waals surface area contributed by atoms with Gasteiger partial charge in [-0.2, -0.15) is 0 Å². The van der Waals surface area contributed by atoms with E-state index in [-0.39, 0.29) is 27.5 Å². The molecule has 34 heavy (non-hydrogen) atoms. The molecule has 1 fully saturated rings. The molecule has 8 heteroatoms. The van der Waals surface area contributed by atoms with Crippen molar-refractivity contribution in [3.63, 3.8) is 0 Å². The summed E-state index contributed by atoms with van der Waals surface area (Å²) in [5.74, 6) is -3.06. The molecule has 0 saturated carbocycles. The Kier molecular flexibility index (Phi) is 4.26. The summed E-state index contributed by atoms with van der Waals surface area (Å²) in [6.45, 7) is 1.48. The number of benzene rings is 3. The van der Waals surface area contributed by atoms with Crippen molar-refractivity contribution in [3.05, 3.63) is 104 Å². The highest BCUT2D eigenvalue weighted by Crippen LogP contribution is 2.64. The minimum atomic E-state index is -1.28. The van der Waals surface area contributed by atoms with E-state index < -0.39 is 34.0 Å². The van der Waals surface area contributed by atoms with Crippen molar-refractivity contribution < 1.29 is 19.3 Å². The van der Waals surface area contributed by atoms with Gasteiger partial charge < -0.3 is 0 Å². The molecule has 7 nitrogen and oxygen atoms in total. The highest BCUT2D eigenvalue weighted by molar-refractivity contribution is 9.10. The van der Waals surface area contributed by atoms with Crippen molar-refractivity contribution in [2.75, 3.05) is 4.90 Å². The first kappa shape index (κ1) is 20.9. The van der Waals surface area contributed by atoms with Crippen LogP contribution in [0.4, 0.5) is 11.4 Å². The number of ketones is 1. The van der Waals surface area contributed by atoms with Gasteiger partial charge in [0.15, 0.2) is 0 Å². The van der Waals surface area contributed by atoms with Gasteiger partial charge >= 0.3 is 0 Å². The molecule has 0 N–H and O–H groups in total. The van der Waals surface area contributed by atoms with Gasteiger partial charge in [-0.05, 0) is 51.2 Å². The fourth-order valence-corrected chi connectivity index (χ4v) is 6.94. The van der Waals surface area contributed by atoms with E-state index in [9.17, 15) is 24.5 Å². The van der Waals surface area contributed by atoms with E-state index in [1.165, 1.54) is 25.1 Å². The molecule has 7 rings (SSSR count). The smallest absolute Gasteiger partial charge is 0.270 e. The van der Waals surface area contributed by atoms with Crippen LogP contribution in [0.1, 0.15) is 35.1 Å². The third kappa shape index (κ3) is 2.33. The van der Waals surface area contributed by atoms with Crippen LogP contribution in [0.2, 0.25) is 0 Å². The minimum Gasteiger partial charge on any atom is -0.299 e. The molecule has 2 bridgehead atoms. The molecule has 2 atom stereocenters. The molecule has 0 spiro atoms. The van der Waals surface area contributed by atoms with Gasteiger partial charge in [0.05, 0.1) is 27.9 Å². The number of Topliss-reactive ketones (excluding diaryl/α,β-unsaturated/α-hetero) is 1. The molecule has 0 aromatic heterocycles. The summed E-state index contributed by atoms with van der Waals surface area (Å²) in [6, 6.07) is 19.1. The molecule has 0 radical (unpaired) electrons. The lowest BCUT2D eigenvalue weighted by Gasteiger charge is -2.52. The molecule has 4 aliphatic rings. The van der Waals surface area contributed by atoms with Crippen molar-refractivity contribution >= 4 is 44.9 Å². The molecule has 1 aliphatic heterocycles. The Morgan fingerprint density at radius 1 is 0.971 bits per heavy atom. The number of carbonyl (C=O) groups is 3. The van der Waals surface area contributed by atoms with E-state index in [4.69, 9.17) is 0 Å². The molecule has 1 heterocycles. The van der Waals surface area contributed by atoms with Crippen LogP contribution in [0.15, 0.2) is 71.2 Å². The Morgan fingerprint density at radius 3 is 2.09 bits per heavy atom. The summed E-state index contributed by atoms with van der Waals surface area (Å²) in [5.41, 5.74) is 2.14. The quantitative estimate of drug-likeness (QED) is 0.290. The Bertz CT molecular complexity index is 1420. The third-order valence-corrected chi connectivity index (χ3v) is 8.19. The zero-order valence-electron chi connectivity index (χ0n) is 17.9. The highest BCUT2D eigenvalue weighted by atomic mass is 79.9. The maximum Gasteiger partial charge on any atom is 0.270 e. The van der Waals surface area contributed by atoms with Gasteiger partial charge in [-0.3, -0.25) is 24.5 Å². The van der Waals surface area contributed by atoms with Crippen molar-refractivity contribution in [2.45, 2.75) is 18.3 Å². The number of non-ortho nitro benzene ring substituents is 1. The summed E-state index contributed by atoms with van der Waals surface area (Å²) in [7, 11) is 0. The Hall–Kier alpha value is -3.65. The topological polar surface area (TPSA) is 97.6 Å². The van der Waals surface area contributed by atoms with Crippen molar-refractivity contribution in [2.24, 2.45) is 11.8 Å². The first-order valence-electron chi connectivity index (χ1n) is 10.8. The van der Waals surface area contributed by atoms with Gasteiger partial charge in [0, 0.05) is 22.5 Å². The Labute approximate surface area is 202 Å². The fourth-order valence-electron chi connectivity index (χ4n) is 6.40. The molecule has 3 aromatic carbocycles. The summed E-state index contributed by atoms with van der Waals surface area (Å²) >= 11 is 3.31. The molecule has 168 valence electrons. The lowest BCUT2D eigenvalue weighted by molar-refractivity contribution is -0.384. The van der Waals surface area contributed by atoms with E-state index in [1.807, 2.05) is 48.5 Å². The number of nitro benzene ring substituents is 1. The van der Waals surface area contributed by atoms with Gasteiger partial charge in [0.25, 0.3) is 5.69 Å². The van der Waals surface area contributed by atoms with E-state index in [1.54, 1.807) is 0 Å². The van der Waals surface area contributed by atoms with E-state index in [0.717, 1.165) is 27.2 Å². The first-order valence-corrected chi connectivity index (χ1v) is 11.6. The van der Waals surface area contributed by atoms with Gasteiger partial charge in [0.1, 0.15) is 5.78 Å². The monoisotopic (exact) mass is 516 g/mol. The lowest BCUT2D eigenvalue weighted by Crippen LogP contribution is -2.57. The Morgan fingerprint density at radius 2 is 1.56 bits per heavy atom. The second-order valence-electron chi connectivity index (χ2n) is 8.92. The van der Waals surface area contributed by atoms with Gasteiger partial charge in [0.2, 0.25) is 11.8 Å². The van der Waals surface area contributed by atoms with Crippen LogP contribution >= 0.6 is 15.9 Å². The van der Waals surface area contributed by atoms with Crippen LogP contribution in [-0.2, 0) is 19.8 Å².